The number of benzene rings is 1. The molecular formula is C12H8Cl3NO. The van der Waals surface area contributed by atoms with Gasteiger partial charge in [-0.25, -0.2) is 4.98 Å². The molecule has 0 saturated carbocycles. The Balaban J connectivity index is 2.36. The summed E-state index contributed by atoms with van der Waals surface area (Å²) >= 11 is 17.5. The van der Waals surface area contributed by atoms with Crippen molar-refractivity contribution in [3.63, 3.8) is 0 Å². The van der Waals surface area contributed by atoms with Crippen LogP contribution in [0.4, 0.5) is 0 Å². The standard InChI is InChI=1S/C12H8Cl3NO/c13-9-2-1-7(5-10(9)14)12(17)8-3-4-16-11(15)6-8/h1-6,12,17H. The van der Waals surface area contributed by atoms with Crippen LogP contribution < -0.4 is 0 Å². The van der Waals surface area contributed by atoms with Gasteiger partial charge in [-0.3, -0.25) is 0 Å². The summed E-state index contributed by atoms with van der Waals surface area (Å²) in [5, 5.41) is 11.3. The molecule has 1 unspecified atom stereocenters. The van der Waals surface area contributed by atoms with Crippen molar-refractivity contribution in [2.24, 2.45) is 0 Å². The molecule has 1 heterocycles. The van der Waals surface area contributed by atoms with Crippen LogP contribution in [-0.2, 0) is 0 Å². The van der Waals surface area contributed by atoms with E-state index < -0.39 is 6.10 Å². The molecule has 0 aliphatic carbocycles. The molecule has 2 rings (SSSR count). The molecule has 0 saturated heterocycles. The zero-order valence-electron chi connectivity index (χ0n) is 8.57. The monoisotopic (exact) mass is 287 g/mol. The molecule has 1 aromatic carbocycles. The summed E-state index contributed by atoms with van der Waals surface area (Å²) < 4.78 is 0. The quantitative estimate of drug-likeness (QED) is 0.843. The van der Waals surface area contributed by atoms with Crippen molar-refractivity contribution in [1.82, 2.24) is 4.98 Å². The van der Waals surface area contributed by atoms with E-state index in [9.17, 15) is 5.11 Å². The lowest BCUT2D eigenvalue weighted by Crippen LogP contribution is -1.99. The fourth-order valence-electron chi connectivity index (χ4n) is 1.46. The van der Waals surface area contributed by atoms with Gasteiger partial charge in [-0.05, 0) is 35.4 Å². The van der Waals surface area contributed by atoms with E-state index >= 15 is 0 Å². The SMILES string of the molecule is OC(c1ccnc(Cl)c1)c1ccc(Cl)c(Cl)c1. The Morgan fingerprint density at radius 2 is 1.65 bits per heavy atom. The first-order valence-electron chi connectivity index (χ1n) is 4.82. The van der Waals surface area contributed by atoms with Crippen LogP contribution in [0.2, 0.25) is 15.2 Å². The Hall–Kier alpha value is -0.800. The van der Waals surface area contributed by atoms with Gasteiger partial charge in [-0.15, -0.1) is 0 Å². The van der Waals surface area contributed by atoms with Crippen molar-refractivity contribution in [1.29, 1.82) is 0 Å². The minimum Gasteiger partial charge on any atom is -0.384 e. The lowest BCUT2D eigenvalue weighted by Gasteiger charge is -2.12. The zero-order valence-corrected chi connectivity index (χ0v) is 10.8. The molecule has 2 nitrogen and oxygen atoms in total. The molecule has 0 aliphatic heterocycles. The molecule has 0 fully saturated rings. The Morgan fingerprint density at radius 3 is 2.29 bits per heavy atom. The maximum Gasteiger partial charge on any atom is 0.129 e. The Bertz CT molecular complexity index is 545. The van der Waals surface area contributed by atoms with Gasteiger partial charge >= 0.3 is 0 Å². The molecule has 88 valence electrons. The number of rotatable bonds is 2. The highest BCUT2D eigenvalue weighted by molar-refractivity contribution is 6.42. The second kappa shape index (κ2) is 5.23. The van der Waals surface area contributed by atoms with Gasteiger partial charge < -0.3 is 5.11 Å². The number of pyridine rings is 1. The van der Waals surface area contributed by atoms with Crippen molar-refractivity contribution in [3.05, 3.63) is 62.9 Å². The van der Waals surface area contributed by atoms with Crippen LogP contribution >= 0.6 is 34.8 Å². The Labute approximate surface area is 114 Å². The predicted molar refractivity (Wildman–Crippen MR) is 69.8 cm³/mol. The molecule has 1 atom stereocenters. The summed E-state index contributed by atoms with van der Waals surface area (Å²) in [6.45, 7) is 0. The lowest BCUT2D eigenvalue weighted by atomic mass is 10.0. The number of nitrogens with zero attached hydrogens (tertiary/aromatic N) is 1. The van der Waals surface area contributed by atoms with E-state index in [1.807, 2.05) is 0 Å². The molecule has 0 bridgehead atoms. The van der Waals surface area contributed by atoms with Crippen molar-refractivity contribution < 1.29 is 5.11 Å². The largest absolute Gasteiger partial charge is 0.384 e. The lowest BCUT2D eigenvalue weighted by molar-refractivity contribution is 0.220. The molecule has 1 N–H and O–H groups in total. The van der Waals surface area contributed by atoms with Crippen LogP contribution in [0.1, 0.15) is 17.2 Å². The van der Waals surface area contributed by atoms with Gasteiger partial charge in [-0.1, -0.05) is 40.9 Å². The number of halogens is 3. The first kappa shape index (κ1) is 12.7. The summed E-state index contributed by atoms with van der Waals surface area (Å²) in [5.41, 5.74) is 1.31. The van der Waals surface area contributed by atoms with E-state index in [4.69, 9.17) is 34.8 Å². The van der Waals surface area contributed by atoms with E-state index in [2.05, 4.69) is 4.98 Å². The highest BCUT2D eigenvalue weighted by Crippen LogP contribution is 2.29. The van der Waals surface area contributed by atoms with Crippen LogP contribution in [0.5, 0.6) is 0 Å². The Kier molecular flexibility index (Phi) is 3.89. The van der Waals surface area contributed by atoms with Gasteiger partial charge in [0.15, 0.2) is 0 Å². The summed E-state index contributed by atoms with van der Waals surface area (Å²) in [4.78, 5) is 3.85. The number of hydrogen-bond donors (Lipinski definition) is 1. The van der Waals surface area contributed by atoms with E-state index in [1.54, 1.807) is 36.5 Å². The van der Waals surface area contributed by atoms with Gasteiger partial charge in [0.05, 0.1) is 10.0 Å². The second-order valence-corrected chi connectivity index (χ2v) is 4.69. The minimum absolute atomic E-state index is 0.335. The predicted octanol–water partition coefficient (Wildman–Crippen LogP) is 4.12. The van der Waals surface area contributed by atoms with E-state index in [-0.39, 0.29) is 0 Å². The van der Waals surface area contributed by atoms with Crippen molar-refractivity contribution in [3.8, 4) is 0 Å². The zero-order chi connectivity index (χ0) is 12.4. The highest BCUT2D eigenvalue weighted by atomic mass is 35.5. The first-order valence-corrected chi connectivity index (χ1v) is 5.96. The Morgan fingerprint density at radius 1 is 0.941 bits per heavy atom. The van der Waals surface area contributed by atoms with Crippen LogP contribution in [0, 0.1) is 0 Å². The van der Waals surface area contributed by atoms with Crippen LogP contribution in [-0.4, -0.2) is 10.1 Å². The summed E-state index contributed by atoms with van der Waals surface area (Å²) in [6, 6.07) is 8.29. The third kappa shape index (κ3) is 2.90. The molecule has 0 radical (unpaired) electrons. The van der Waals surface area contributed by atoms with Crippen molar-refractivity contribution in [2.75, 3.05) is 0 Å². The average Bonchev–Trinajstić information content (AvgIpc) is 2.32. The van der Waals surface area contributed by atoms with E-state index in [0.29, 0.717) is 26.3 Å². The van der Waals surface area contributed by atoms with E-state index in [0.717, 1.165) is 0 Å². The summed E-state index contributed by atoms with van der Waals surface area (Å²) in [5.74, 6) is 0. The molecule has 1 aromatic heterocycles. The van der Waals surface area contributed by atoms with Gasteiger partial charge in [0.25, 0.3) is 0 Å². The summed E-state index contributed by atoms with van der Waals surface area (Å²) in [6.07, 6.45) is 0.739. The molecule has 0 spiro atoms. The maximum absolute atomic E-state index is 10.1. The molecule has 2 aromatic rings. The molecular weight excluding hydrogens is 280 g/mol. The average molecular weight is 289 g/mol. The second-order valence-electron chi connectivity index (χ2n) is 3.49. The van der Waals surface area contributed by atoms with Crippen molar-refractivity contribution >= 4 is 34.8 Å². The van der Waals surface area contributed by atoms with Crippen molar-refractivity contribution in [2.45, 2.75) is 6.10 Å². The molecule has 0 amide bonds. The van der Waals surface area contributed by atoms with Crippen LogP contribution in [0.3, 0.4) is 0 Å². The molecule has 0 aliphatic rings. The van der Waals surface area contributed by atoms with Gasteiger partial charge in [-0.2, -0.15) is 0 Å². The van der Waals surface area contributed by atoms with Gasteiger partial charge in [0.2, 0.25) is 0 Å². The van der Waals surface area contributed by atoms with Crippen LogP contribution in [0.15, 0.2) is 36.5 Å². The third-order valence-corrected chi connectivity index (χ3v) is 3.27. The highest BCUT2D eigenvalue weighted by Gasteiger charge is 2.12. The minimum atomic E-state index is -0.801. The number of hydrogen-bond acceptors (Lipinski definition) is 2. The summed E-state index contributed by atoms with van der Waals surface area (Å²) in [7, 11) is 0. The van der Waals surface area contributed by atoms with E-state index in [1.165, 1.54) is 0 Å². The molecule has 17 heavy (non-hydrogen) atoms. The first-order chi connectivity index (χ1) is 8.08. The number of aromatic nitrogens is 1. The normalized spacial score (nSPS) is 12.5. The topological polar surface area (TPSA) is 33.1 Å². The fraction of sp³-hybridized carbons (Fsp3) is 0.0833. The number of aliphatic hydroxyl groups excluding tert-OH is 1. The van der Waals surface area contributed by atoms with Crippen LogP contribution in [0.25, 0.3) is 0 Å². The van der Waals surface area contributed by atoms with Gasteiger partial charge in [0.1, 0.15) is 11.3 Å². The maximum atomic E-state index is 10.1. The number of aliphatic hydroxyl groups is 1. The third-order valence-electron chi connectivity index (χ3n) is 2.33. The van der Waals surface area contributed by atoms with Gasteiger partial charge in [0, 0.05) is 6.20 Å². The fourth-order valence-corrected chi connectivity index (χ4v) is 1.95. The smallest absolute Gasteiger partial charge is 0.129 e. The molecule has 5 heteroatoms.